The van der Waals surface area contributed by atoms with Gasteiger partial charge in [0, 0.05) is 25.5 Å². The van der Waals surface area contributed by atoms with Crippen LogP contribution < -0.4 is 10.6 Å². The number of nitrogens with one attached hydrogen (secondary N) is 2. The molecule has 0 aliphatic carbocycles. The maximum atomic E-state index is 12.0. The van der Waals surface area contributed by atoms with Gasteiger partial charge < -0.3 is 15.5 Å². The number of aromatic nitrogens is 2. The maximum absolute atomic E-state index is 12.0. The summed E-state index contributed by atoms with van der Waals surface area (Å²) in [6.07, 6.45) is 4.01. The molecule has 2 rings (SSSR count). The van der Waals surface area contributed by atoms with E-state index in [4.69, 9.17) is 0 Å². The van der Waals surface area contributed by atoms with Gasteiger partial charge in [0.25, 0.3) is 5.91 Å². The van der Waals surface area contributed by atoms with Crippen molar-refractivity contribution in [3.8, 4) is 0 Å². The van der Waals surface area contributed by atoms with Gasteiger partial charge in [-0.2, -0.15) is 0 Å². The van der Waals surface area contributed by atoms with Crippen molar-refractivity contribution >= 4 is 11.9 Å². The first kappa shape index (κ1) is 17.9. The number of rotatable bonds is 8. The molecular formula is C18H25N5O. The fourth-order valence-corrected chi connectivity index (χ4v) is 2.22. The van der Waals surface area contributed by atoms with Crippen LogP contribution in [0.2, 0.25) is 0 Å². The first-order valence-electron chi connectivity index (χ1n) is 8.09. The predicted octanol–water partition coefficient (Wildman–Crippen LogP) is 2.08. The van der Waals surface area contributed by atoms with Crippen molar-refractivity contribution < 1.29 is 4.79 Å². The Hall–Kier alpha value is -2.47. The molecule has 0 bridgehead atoms. The number of aryl methyl sites for hydroxylation is 1. The second-order valence-corrected chi connectivity index (χ2v) is 5.99. The zero-order valence-corrected chi connectivity index (χ0v) is 14.5. The fraction of sp³-hybridized carbons (Fsp3) is 0.389. The summed E-state index contributed by atoms with van der Waals surface area (Å²) < 4.78 is 0. The topological polar surface area (TPSA) is 70.2 Å². The summed E-state index contributed by atoms with van der Waals surface area (Å²) in [6.45, 7) is 4.31. The molecule has 1 aromatic heterocycles. The van der Waals surface area contributed by atoms with Gasteiger partial charge in [0.1, 0.15) is 0 Å². The molecule has 1 aromatic carbocycles. The third-order valence-corrected chi connectivity index (χ3v) is 3.68. The van der Waals surface area contributed by atoms with E-state index in [1.165, 1.54) is 11.1 Å². The van der Waals surface area contributed by atoms with Gasteiger partial charge >= 0.3 is 0 Å². The number of carbonyl (C=O) groups excluding carboxylic acids is 1. The molecular weight excluding hydrogens is 302 g/mol. The lowest BCUT2D eigenvalue weighted by Crippen LogP contribution is -2.27. The highest BCUT2D eigenvalue weighted by Crippen LogP contribution is 2.09. The molecule has 0 aliphatic rings. The minimum atomic E-state index is -0.140. The standard InChI is InChI=1S/C18H25N5O/c1-14-7-4-5-8-15(14)11-20-18-21-12-16(13-22-18)17(24)19-9-6-10-23(2)3/h4-5,7-8,12-13H,6,9-11H2,1-3H3,(H,19,24)(H,20,21,22). The smallest absolute Gasteiger partial charge is 0.254 e. The third-order valence-electron chi connectivity index (χ3n) is 3.68. The van der Waals surface area contributed by atoms with Gasteiger partial charge in [-0.25, -0.2) is 9.97 Å². The summed E-state index contributed by atoms with van der Waals surface area (Å²) in [5.41, 5.74) is 2.89. The van der Waals surface area contributed by atoms with Crippen LogP contribution in [0.25, 0.3) is 0 Å². The van der Waals surface area contributed by atoms with E-state index in [9.17, 15) is 4.79 Å². The highest BCUT2D eigenvalue weighted by Gasteiger charge is 2.07. The quantitative estimate of drug-likeness (QED) is 0.727. The average Bonchev–Trinajstić information content (AvgIpc) is 2.58. The number of benzene rings is 1. The van der Waals surface area contributed by atoms with Crippen molar-refractivity contribution in [2.75, 3.05) is 32.5 Å². The Balaban J connectivity index is 1.82. The molecule has 2 aromatic rings. The number of hydrogen-bond acceptors (Lipinski definition) is 5. The summed E-state index contributed by atoms with van der Waals surface area (Å²) >= 11 is 0. The summed E-state index contributed by atoms with van der Waals surface area (Å²) in [5.74, 6) is 0.377. The van der Waals surface area contributed by atoms with Gasteiger partial charge in [0.2, 0.25) is 5.95 Å². The zero-order chi connectivity index (χ0) is 17.4. The Labute approximate surface area is 143 Å². The average molecular weight is 327 g/mol. The second-order valence-electron chi connectivity index (χ2n) is 5.99. The van der Waals surface area contributed by atoms with E-state index in [2.05, 4.69) is 44.6 Å². The van der Waals surface area contributed by atoms with E-state index >= 15 is 0 Å². The number of carbonyl (C=O) groups is 1. The molecule has 2 N–H and O–H groups in total. The van der Waals surface area contributed by atoms with Gasteiger partial charge in [0.05, 0.1) is 5.56 Å². The SMILES string of the molecule is Cc1ccccc1CNc1ncc(C(=O)NCCCN(C)C)cn1. The van der Waals surface area contributed by atoms with Crippen LogP contribution in [0, 0.1) is 6.92 Å². The molecule has 128 valence electrons. The summed E-state index contributed by atoms with van der Waals surface area (Å²) in [4.78, 5) is 22.5. The van der Waals surface area contributed by atoms with Crippen molar-refractivity contribution in [1.29, 1.82) is 0 Å². The monoisotopic (exact) mass is 327 g/mol. The Bertz CT molecular complexity index is 655. The Morgan fingerprint density at radius 1 is 1.17 bits per heavy atom. The third kappa shape index (κ3) is 5.62. The van der Waals surface area contributed by atoms with E-state index in [0.29, 0.717) is 24.6 Å². The summed E-state index contributed by atoms with van der Waals surface area (Å²) in [7, 11) is 4.02. The fourth-order valence-electron chi connectivity index (χ4n) is 2.22. The van der Waals surface area contributed by atoms with Crippen molar-refractivity contribution in [2.24, 2.45) is 0 Å². The highest BCUT2D eigenvalue weighted by molar-refractivity contribution is 5.93. The number of nitrogens with zero attached hydrogens (tertiary/aromatic N) is 3. The predicted molar refractivity (Wildman–Crippen MR) is 96.0 cm³/mol. The summed E-state index contributed by atoms with van der Waals surface area (Å²) in [6, 6.07) is 8.16. The number of anilines is 1. The largest absolute Gasteiger partial charge is 0.352 e. The van der Waals surface area contributed by atoms with Crippen molar-refractivity contribution in [1.82, 2.24) is 20.2 Å². The van der Waals surface area contributed by atoms with Crippen LogP contribution in [0.3, 0.4) is 0 Å². The number of hydrogen-bond donors (Lipinski definition) is 2. The second kappa shape index (κ2) is 8.98. The van der Waals surface area contributed by atoms with E-state index in [-0.39, 0.29) is 5.91 Å². The molecule has 1 heterocycles. The van der Waals surface area contributed by atoms with Crippen LogP contribution in [0.1, 0.15) is 27.9 Å². The van der Waals surface area contributed by atoms with E-state index in [1.807, 2.05) is 26.2 Å². The van der Waals surface area contributed by atoms with E-state index in [0.717, 1.165) is 13.0 Å². The molecule has 0 saturated carbocycles. The van der Waals surface area contributed by atoms with Crippen LogP contribution in [-0.2, 0) is 6.54 Å². The molecule has 0 saturated heterocycles. The van der Waals surface area contributed by atoms with E-state index < -0.39 is 0 Å². The minimum Gasteiger partial charge on any atom is -0.352 e. The lowest BCUT2D eigenvalue weighted by Gasteiger charge is -2.10. The molecule has 0 unspecified atom stereocenters. The number of amides is 1. The van der Waals surface area contributed by atoms with Gasteiger partial charge in [-0.05, 0) is 45.1 Å². The van der Waals surface area contributed by atoms with E-state index in [1.54, 1.807) is 12.4 Å². The molecule has 0 aliphatic heterocycles. The summed E-state index contributed by atoms with van der Waals surface area (Å²) in [5, 5.41) is 6.05. The van der Waals surface area contributed by atoms with Gasteiger partial charge in [-0.3, -0.25) is 4.79 Å². The maximum Gasteiger partial charge on any atom is 0.254 e. The first-order valence-corrected chi connectivity index (χ1v) is 8.09. The Morgan fingerprint density at radius 3 is 2.54 bits per heavy atom. The van der Waals surface area contributed by atoms with Crippen LogP contribution >= 0.6 is 0 Å². The van der Waals surface area contributed by atoms with Crippen LogP contribution in [0.4, 0.5) is 5.95 Å². The van der Waals surface area contributed by atoms with Crippen LogP contribution in [-0.4, -0.2) is 48.0 Å². The highest BCUT2D eigenvalue weighted by atomic mass is 16.1. The molecule has 6 nitrogen and oxygen atoms in total. The minimum absolute atomic E-state index is 0.140. The van der Waals surface area contributed by atoms with Gasteiger partial charge in [-0.1, -0.05) is 24.3 Å². The molecule has 0 fully saturated rings. The first-order chi connectivity index (χ1) is 11.6. The van der Waals surface area contributed by atoms with Crippen LogP contribution in [0.15, 0.2) is 36.7 Å². The van der Waals surface area contributed by atoms with Crippen molar-refractivity contribution in [2.45, 2.75) is 19.9 Å². The molecule has 0 atom stereocenters. The molecule has 0 spiro atoms. The van der Waals surface area contributed by atoms with Gasteiger partial charge in [-0.15, -0.1) is 0 Å². The zero-order valence-electron chi connectivity index (χ0n) is 14.5. The molecule has 1 amide bonds. The molecule has 0 radical (unpaired) electrons. The normalized spacial score (nSPS) is 10.7. The van der Waals surface area contributed by atoms with Crippen molar-refractivity contribution in [3.05, 3.63) is 53.3 Å². The Morgan fingerprint density at radius 2 is 1.88 bits per heavy atom. The van der Waals surface area contributed by atoms with Gasteiger partial charge in [0.15, 0.2) is 0 Å². The van der Waals surface area contributed by atoms with Crippen molar-refractivity contribution in [3.63, 3.8) is 0 Å². The van der Waals surface area contributed by atoms with Crippen LogP contribution in [0.5, 0.6) is 0 Å². The molecule has 6 heteroatoms. The molecule has 24 heavy (non-hydrogen) atoms. The lowest BCUT2D eigenvalue weighted by atomic mass is 10.1. The lowest BCUT2D eigenvalue weighted by molar-refractivity contribution is 0.0951. The Kier molecular flexibility index (Phi) is 6.69.